The number of piperazine rings is 1. The highest BCUT2D eigenvalue weighted by atomic mass is 16.2. The zero-order valence-electron chi connectivity index (χ0n) is 17.9. The van der Waals surface area contributed by atoms with Gasteiger partial charge in [-0.1, -0.05) is 30.3 Å². The van der Waals surface area contributed by atoms with Gasteiger partial charge in [0.05, 0.1) is 6.33 Å². The van der Waals surface area contributed by atoms with Gasteiger partial charge in [0.15, 0.2) is 0 Å². The SMILES string of the molecule is CC(CNC(=O)Nc1ccc(Cn2ccnc2)cc1)N1CCN(c2ccccc2)CC1. The minimum atomic E-state index is -0.169. The number of carbonyl (C=O) groups excluding carboxylic acids is 1. The van der Waals surface area contributed by atoms with Crippen LogP contribution < -0.4 is 15.5 Å². The Bertz CT molecular complexity index is 934. The van der Waals surface area contributed by atoms with Crippen molar-refractivity contribution >= 4 is 17.4 Å². The molecule has 1 atom stereocenters. The average Bonchev–Trinajstić information content (AvgIpc) is 3.32. The Morgan fingerprint density at radius 3 is 2.45 bits per heavy atom. The second kappa shape index (κ2) is 10.1. The van der Waals surface area contributed by atoms with E-state index in [9.17, 15) is 4.79 Å². The van der Waals surface area contributed by atoms with E-state index in [0.29, 0.717) is 12.6 Å². The predicted octanol–water partition coefficient (Wildman–Crippen LogP) is 3.26. The first-order chi connectivity index (χ1) is 15.2. The Morgan fingerprint density at radius 2 is 1.77 bits per heavy atom. The minimum Gasteiger partial charge on any atom is -0.369 e. The Labute approximate surface area is 183 Å². The van der Waals surface area contributed by atoms with Crippen molar-refractivity contribution in [1.29, 1.82) is 0 Å². The second-order valence-electron chi connectivity index (χ2n) is 7.97. The maximum Gasteiger partial charge on any atom is 0.319 e. The normalized spacial score (nSPS) is 15.5. The fraction of sp³-hybridized carbons (Fsp3) is 0.333. The third-order valence-corrected chi connectivity index (χ3v) is 5.75. The molecule has 1 aliphatic rings. The summed E-state index contributed by atoms with van der Waals surface area (Å²) in [7, 11) is 0. The number of nitrogens with zero attached hydrogens (tertiary/aromatic N) is 4. The Balaban J connectivity index is 1.18. The molecule has 0 radical (unpaired) electrons. The van der Waals surface area contributed by atoms with Gasteiger partial charge in [-0.3, -0.25) is 4.90 Å². The maximum absolute atomic E-state index is 12.3. The summed E-state index contributed by atoms with van der Waals surface area (Å²) in [6.07, 6.45) is 5.50. The van der Waals surface area contributed by atoms with Gasteiger partial charge in [0, 0.05) is 69.1 Å². The van der Waals surface area contributed by atoms with Crippen molar-refractivity contribution in [2.75, 3.05) is 42.9 Å². The van der Waals surface area contributed by atoms with Crippen LogP contribution in [0.3, 0.4) is 0 Å². The molecule has 1 unspecified atom stereocenters. The lowest BCUT2D eigenvalue weighted by atomic mass is 10.2. The van der Waals surface area contributed by atoms with E-state index in [-0.39, 0.29) is 6.03 Å². The van der Waals surface area contributed by atoms with E-state index in [1.165, 1.54) is 5.69 Å². The molecule has 7 heteroatoms. The lowest BCUT2D eigenvalue weighted by Gasteiger charge is -2.39. The van der Waals surface area contributed by atoms with E-state index in [2.05, 4.69) is 62.7 Å². The molecular weight excluding hydrogens is 388 g/mol. The molecule has 0 saturated carbocycles. The molecule has 162 valence electrons. The molecule has 1 fully saturated rings. The van der Waals surface area contributed by atoms with Crippen molar-refractivity contribution in [2.45, 2.75) is 19.5 Å². The molecule has 2 aromatic carbocycles. The summed E-state index contributed by atoms with van der Waals surface area (Å²) < 4.78 is 2.01. The van der Waals surface area contributed by atoms with Crippen LogP contribution in [-0.4, -0.2) is 59.2 Å². The first-order valence-electron chi connectivity index (χ1n) is 10.8. The zero-order valence-corrected chi connectivity index (χ0v) is 17.9. The number of amides is 2. The standard InChI is InChI=1S/C24H30N6O/c1-20(29-13-15-30(16-14-29)23-5-3-2-4-6-23)17-26-24(31)27-22-9-7-21(8-10-22)18-28-12-11-25-19-28/h2-12,19-20H,13-18H2,1H3,(H2,26,27,31). The molecular formula is C24H30N6O. The van der Waals surface area contributed by atoms with Crippen LogP contribution >= 0.6 is 0 Å². The van der Waals surface area contributed by atoms with Crippen LogP contribution in [0.5, 0.6) is 0 Å². The van der Waals surface area contributed by atoms with Crippen molar-refractivity contribution in [1.82, 2.24) is 19.8 Å². The first kappa shape index (κ1) is 20.9. The summed E-state index contributed by atoms with van der Waals surface area (Å²) in [6, 6.07) is 18.6. The van der Waals surface area contributed by atoms with E-state index in [1.807, 2.05) is 35.0 Å². The molecule has 2 N–H and O–H groups in total. The molecule has 3 aromatic rings. The molecule has 0 aliphatic carbocycles. The van der Waals surface area contributed by atoms with E-state index >= 15 is 0 Å². The number of rotatable bonds is 7. The van der Waals surface area contributed by atoms with Crippen LogP contribution in [0.25, 0.3) is 0 Å². The van der Waals surface area contributed by atoms with Gasteiger partial charge in [0.25, 0.3) is 0 Å². The largest absolute Gasteiger partial charge is 0.369 e. The van der Waals surface area contributed by atoms with Crippen molar-refractivity contribution in [2.24, 2.45) is 0 Å². The summed E-state index contributed by atoms with van der Waals surface area (Å²) in [5.74, 6) is 0. The van der Waals surface area contributed by atoms with Crippen LogP contribution in [0.15, 0.2) is 73.3 Å². The van der Waals surface area contributed by atoms with E-state index in [0.717, 1.165) is 44.0 Å². The number of imidazole rings is 1. The lowest BCUT2D eigenvalue weighted by Crippen LogP contribution is -2.52. The van der Waals surface area contributed by atoms with Crippen LogP contribution in [0.2, 0.25) is 0 Å². The van der Waals surface area contributed by atoms with Crippen LogP contribution in [0.1, 0.15) is 12.5 Å². The van der Waals surface area contributed by atoms with Crippen LogP contribution in [0.4, 0.5) is 16.2 Å². The molecule has 2 amide bonds. The fourth-order valence-electron chi connectivity index (χ4n) is 3.89. The quantitative estimate of drug-likeness (QED) is 0.618. The predicted molar refractivity (Wildman–Crippen MR) is 124 cm³/mol. The number of nitrogens with one attached hydrogen (secondary N) is 2. The number of hydrogen-bond acceptors (Lipinski definition) is 4. The third-order valence-electron chi connectivity index (χ3n) is 5.75. The summed E-state index contributed by atoms with van der Waals surface area (Å²) in [4.78, 5) is 21.2. The van der Waals surface area contributed by atoms with E-state index < -0.39 is 0 Å². The van der Waals surface area contributed by atoms with Gasteiger partial charge in [-0.25, -0.2) is 9.78 Å². The molecule has 1 aromatic heterocycles. The van der Waals surface area contributed by atoms with Crippen LogP contribution in [0, 0.1) is 0 Å². The van der Waals surface area contributed by atoms with Crippen molar-refractivity contribution in [3.63, 3.8) is 0 Å². The Morgan fingerprint density at radius 1 is 1.03 bits per heavy atom. The van der Waals surface area contributed by atoms with Crippen LogP contribution in [-0.2, 0) is 6.54 Å². The molecule has 2 heterocycles. The van der Waals surface area contributed by atoms with Crippen molar-refractivity contribution in [3.05, 3.63) is 78.9 Å². The molecule has 1 saturated heterocycles. The third kappa shape index (κ3) is 5.86. The van der Waals surface area contributed by atoms with Gasteiger partial charge in [0.2, 0.25) is 0 Å². The topological polar surface area (TPSA) is 65.4 Å². The van der Waals surface area contributed by atoms with Gasteiger partial charge in [-0.2, -0.15) is 0 Å². The smallest absolute Gasteiger partial charge is 0.319 e. The Hall–Kier alpha value is -3.32. The summed E-state index contributed by atoms with van der Waals surface area (Å²) in [5.41, 5.74) is 3.23. The van der Waals surface area contributed by atoms with Crippen molar-refractivity contribution in [3.8, 4) is 0 Å². The van der Waals surface area contributed by atoms with E-state index in [1.54, 1.807) is 12.5 Å². The number of benzene rings is 2. The molecule has 4 rings (SSSR count). The van der Waals surface area contributed by atoms with Gasteiger partial charge < -0.3 is 20.1 Å². The number of hydrogen-bond donors (Lipinski definition) is 2. The zero-order chi connectivity index (χ0) is 21.5. The maximum atomic E-state index is 12.3. The molecule has 7 nitrogen and oxygen atoms in total. The highest BCUT2D eigenvalue weighted by molar-refractivity contribution is 5.89. The van der Waals surface area contributed by atoms with Crippen molar-refractivity contribution < 1.29 is 4.79 Å². The number of aromatic nitrogens is 2. The second-order valence-corrected chi connectivity index (χ2v) is 7.97. The summed E-state index contributed by atoms with van der Waals surface area (Å²) in [6.45, 7) is 7.56. The first-order valence-corrected chi connectivity index (χ1v) is 10.8. The lowest BCUT2D eigenvalue weighted by molar-refractivity contribution is 0.192. The number of anilines is 2. The van der Waals surface area contributed by atoms with Gasteiger partial charge in [-0.15, -0.1) is 0 Å². The van der Waals surface area contributed by atoms with Gasteiger partial charge in [0.1, 0.15) is 0 Å². The minimum absolute atomic E-state index is 0.169. The summed E-state index contributed by atoms with van der Waals surface area (Å²) >= 11 is 0. The number of carbonyl (C=O) groups is 1. The number of para-hydroxylation sites is 1. The summed E-state index contributed by atoms with van der Waals surface area (Å²) in [5, 5.41) is 5.92. The highest BCUT2D eigenvalue weighted by Gasteiger charge is 2.21. The molecule has 1 aliphatic heterocycles. The fourth-order valence-corrected chi connectivity index (χ4v) is 3.89. The highest BCUT2D eigenvalue weighted by Crippen LogP contribution is 2.16. The average molecular weight is 419 g/mol. The van der Waals surface area contributed by atoms with E-state index in [4.69, 9.17) is 0 Å². The monoisotopic (exact) mass is 418 g/mol. The number of urea groups is 1. The Kier molecular flexibility index (Phi) is 6.84. The van der Waals surface area contributed by atoms with Gasteiger partial charge in [-0.05, 0) is 36.8 Å². The molecule has 31 heavy (non-hydrogen) atoms. The molecule has 0 bridgehead atoms. The van der Waals surface area contributed by atoms with Gasteiger partial charge >= 0.3 is 6.03 Å². The molecule has 0 spiro atoms.